The number of carboxylic acids is 1. The molecule has 2 bridgehead atoms. The number of carbonyl (C=O) groups is 3. The highest BCUT2D eigenvalue weighted by Gasteiger charge is 2.45. The summed E-state index contributed by atoms with van der Waals surface area (Å²) in [6.45, 7) is 2.01. The maximum Gasteiger partial charge on any atom is 0.328 e. The third-order valence-corrected chi connectivity index (χ3v) is 10.5. The fraction of sp³-hybridized carbons (Fsp3) is 0.474. The average Bonchev–Trinajstić information content (AvgIpc) is 3.59. The van der Waals surface area contributed by atoms with E-state index in [1.807, 2.05) is 31.3 Å². The van der Waals surface area contributed by atoms with Gasteiger partial charge < -0.3 is 42.2 Å². The van der Waals surface area contributed by atoms with Crippen molar-refractivity contribution in [3.05, 3.63) is 77.0 Å². The van der Waals surface area contributed by atoms with Crippen LogP contribution < -0.4 is 22.5 Å². The normalized spacial score (nSPS) is 22.2. The molecule has 1 saturated carbocycles. The van der Waals surface area contributed by atoms with E-state index in [1.54, 1.807) is 0 Å². The van der Waals surface area contributed by atoms with Crippen LogP contribution in [0.15, 0.2) is 65.3 Å². The van der Waals surface area contributed by atoms with Crippen LogP contribution in [0, 0.1) is 17.8 Å². The Morgan fingerprint density at radius 2 is 1.90 bits per heavy atom. The Labute approximate surface area is 282 Å². The van der Waals surface area contributed by atoms with Crippen LogP contribution >= 0.6 is 0 Å². The first-order valence-corrected chi connectivity index (χ1v) is 17.3. The van der Waals surface area contributed by atoms with Crippen molar-refractivity contribution < 1.29 is 19.5 Å². The first-order valence-electron chi connectivity index (χ1n) is 17.3. The smallest absolute Gasteiger partial charge is 0.328 e. The second-order valence-corrected chi connectivity index (χ2v) is 13.9. The van der Waals surface area contributed by atoms with E-state index in [0.29, 0.717) is 17.9 Å². The number of aldehydes is 2. The van der Waals surface area contributed by atoms with Crippen LogP contribution in [0.5, 0.6) is 0 Å². The highest BCUT2D eigenvalue weighted by Crippen LogP contribution is 2.56. The number of nitrogens with zero attached hydrogens (tertiary/aromatic N) is 1. The quantitative estimate of drug-likeness (QED) is 0.0484. The van der Waals surface area contributed by atoms with Gasteiger partial charge >= 0.3 is 5.97 Å². The standard InChI is InChI=1S/C38H50N6O4/c1-23(22-46)7-11-29(39)4-2-5-30-33-18-26(32-17-25-9-8-24(13-15-45)16-27(25)19-34(30)32)10-12-31(33)37(44-35-6-3-14-42-35)28(20-36(47)48)21-43-38(40)41/h3,6,8-9,14-17,19-20,22-23,26,29-31,33,37,42,44H,2,4-5,7,10-13,18,21,39H2,1H3,(H,47,48)(H4,40,41,43). The van der Waals surface area contributed by atoms with Gasteiger partial charge in [0.1, 0.15) is 18.4 Å². The maximum absolute atomic E-state index is 12.1. The summed E-state index contributed by atoms with van der Waals surface area (Å²) >= 11 is 0. The van der Waals surface area contributed by atoms with Gasteiger partial charge in [-0.3, -0.25) is 0 Å². The minimum absolute atomic E-state index is 0.00898. The van der Waals surface area contributed by atoms with Crippen LogP contribution in [0.2, 0.25) is 0 Å². The van der Waals surface area contributed by atoms with E-state index in [4.69, 9.17) is 17.2 Å². The molecular formula is C38H50N6O4. The molecule has 1 heterocycles. The number of rotatable bonds is 17. The number of carbonyl (C=O) groups excluding carboxylic acids is 2. The summed E-state index contributed by atoms with van der Waals surface area (Å²) in [5.74, 6) is 0.698. The molecule has 48 heavy (non-hydrogen) atoms. The Morgan fingerprint density at radius 1 is 1.08 bits per heavy atom. The number of nitrogens with two attached hydrogens (primary N) is 3. The lowest BCUT2D eigenvalue weighted by atomic mass is 9.57. The molecule has 2 aromatic carbocycles. The molecule has 2 aliphatic carbocycles. The van der Waals surface area contributed by atoms with E-state index in [2.05, 4.69) is 39.6 Å². The number of nitrogens with one attached hydrogen (secondary N) is 2. The summed E-state index contributed by atoms with van der Waals surface area (Å²) in [5.41, 5.74) is 22.4. The van der Waals surface area contributed by atoms with Crippen LogP contribution in [-0.4, -0.2) is 53.2 Å². The maximum atomic E-state index is 12.1. The van der Waals surface area contributed by atoms with Gasteiger partial charge in [0.25, 0.3) is 0 Å². The first-order chi connectivity index (χ1) is 23.2. The van der Waals surface area contributed by atoms with E-state index in [0.717, 1.165) is 80.7 Å². The Bertz CT molecular complexity index is 1630. The zero-order valence-electron chi connectivity index (χ0n) is 27.8. The molecule has 9 N–H and O–H groups in total. The van der Waals surface area contributed by atoms with Crippen molar-refractivity contribution in [3.8, 4) is 0 Å². The SMILES string of the molecule is CC(C=O)CCC(N)CCCC1c2cc3cc(CC=O)ccc3cc2C2CCC(C(Nc3ccc[nH]3)C(=CC(=O)O)CN=C(N)N)C1C2. The second-order valence-electron chi connectivity index (χ2n) is 13.9. The highest BCUT2D eigenvalue weighted by molar-refractivity contribution is 5.86. The van der Waals surface area contributed by atoms with Crippen molar-refractivity contribution in [1.82, 2.24) is 4.98 Å². The number of carboxylic acid groups (broad SMARTS) is 1. The third-order valence-electron chi connectivity index (χ3n) is 10.5. The number of aliphatic carboxylic acids is 1. The number of anilines is 1. The Balaban J connectivity index is 1.53. The third kappa shape index (κ3) is 8.52. The molecule has 1 aromatic heterocycles. The molecule has 0 radical (unpaired) electrons. The molecular weight excluding hydrogens is 604 g/mol. The van der Waals surface area contributed by atoms with Crippen LogP contribution in [0.1, 0.15) is 86.8 Å². The van der Waals surface area contributed by atoms with E-state index >= 15 is 0 Å². The molecule has 0 spiro atoms. The van der Waals surface area contributed by atoms with Crippen LogP contribution in [0.3, 0.4) is 0 Å². The number of fused-ring (bicyclic) bond motifs is 5. The molecule has 7 unspecified atom stereocenters. The van der Waals surface area contributed by atoms with Gasteiger partial charge in [-0.25, -0.2) is 9.79 Å². The summed E-state index contributed by atoms with van der Waals surface area (Å²) in [6.07, 6.45) is 12.7. The fourth-order valence-corrected chi connectivity index (χ4v) is 8.19. The van der Waals surface area contributed by atoms with Crippen molar-refractivity contribution in [1.29, 1.82) is 0 Å². The largest absolute Gasteiger partial charge is 0.478 e. The van der Waals surface area contributed by atoms with E-state index in [9.17, 15) is 19.5 Å². The molecule has 0 amide bonds. The Kier molecular flexibility index (Phi) is 11.7. The number of aromatic nitrogens is 1. The zero-order chi connectivity index (χ0) is 34.2. The molecule has 1 fully saturated rings. The van der Waals surface area contributed by atoms with Crippen LogP contribution in [0.25, 0.3) is 10.8 Å². The molecule has 0 aliphatic heterocycles. The Hall–Kier alpha value is -4.44. The fourth-order valence-electron chi connectivity index (χ4n) is 8.19. The van der Waals surface area contributed by atoms with E-state index in [1.165, 1.54) is 22.6 Å². The number of H-pyrrole nitrogens is 1. The minimum Gasteiger partial charge on any atom is -0.478 e. The molecule has 3 aromatic rings. The molecule has 2 aliphatic rings. The zero-order valence-corrected chi connectivity index (χ0v) is 27.8. The second kappa shape index (κ2) is 16.1. The predicted octanol–water partition coefficient (Wildman–Crippen LogP) is 5.38. The topological polar surface area (TPSA) is 190 Å². The highest BCUT2D eigenvalue weighted by atomic mass is 16.4. The number of hydrogen-bond acceptors (Lipinski definition) is 6. The number of hydrogen-bond donors (Lipinski definition) is 6. The lowest BCUT2D eigenvalue weighted by Crippen LogP contribution is -2.44. The van der Waals surface area contributed by atoms with Crippen molar-refractivity contribution in [2.45, 2.75) is 88.6 Å². The molecule has 5 rings (SSSR count). The molecule has 10 nitrogen and oxygen atoms in total. The number of benzene rings is 2. The lowest BCUT2D eigenvalue weighted by molar-refractivity contribution is -0.131. The summed E-state index contributed by atoms with van der Waals surface area (Å²) in [6, 6.07) is 14.6. The van der Waals surface area contributed by atoms with Gasteiger partial charge in [-0.1, -0.05) is 43.7 Å². The molecule has 256 valence electrons. The van der Waals surface area contributed by atoms with E-state index in [-0.39, 0.29) is 48.3 Å². The van der Waals surface area contributed by atoms with Gasteiger partial charge in [0, 0.05) is 30.7 Å². The number of aliphatic imine (C=N–C) groups is 1. The minimum atomic E-state index is -1.04. The molecule has 7 atom stereocenters. The van der Waals surface area contributed by atoms with Gasteiger partial charge in [-0.15, -0.1) is 0 Å². The van der Waals surface area contributed by atoms with Gasteiger partial charge in [-0.2, -0.15) is 0 Å². The monoisotopic (exact) mass is 654 g/mol. The number of aromatic amines is 1. The average molecular weight is 655 g/mol. The van der Waals surface area contributed by atoms with Crippen molar-refractivity contribution in [2.24, 2.45) is 39.9 Å². The van der Waals surface area contributed by atoms with Gasteiger partial charge in [0.15, 0.2) is 5.96 Å². The van der Waals surface area contributed by atoms with E-state index < -0.39 is 5.97 Å². The van der Waals surface area contributed by atoms with Crippen molar-refractivity contribution in [2.75, 3.05) is 11.9 Å². The van der Waals surface area contributed by atoms with Crippen LogP contribution in [0.4, 0.5) is 5.82 Å². The van der Waals surface area contributed by atoms with Gasteiger partial charge in [0.2, 0.25) is 0 Å². The Morgan fingerprint density at radius 3 is 2.60 bits per heavy atom. The van der Waals surface area contributed by atoms with Crippen molar-refractivity contribution >= 4 is 41.1 Å². The van der Waals surface area contributed by atoms with Crippen molar-refractivity contribution in [3.63, 3.8) is 0 Å². The lowest BCUT2D eigenvalue weighted by Gasteiger charge is -2.49. The van der Waals surface area contributed by atoms with Gasteiger partial charge in [0.05, 0.1) is 12.6 Å². The summed E-state index contributed by atoms with van der Waals surface area (Å²) in [4.78, 5) is 42.1. The molecule has 10 heteroatoms. The summed E-state index contributed by atoms with van der Waals surface area (Å²) in [7, 11) is 0. The summed E-state index contributed by atoms with van der Waals surface area (Å²) < 4.78 is 0. The molecule has 0 saturated heterocycles. The van der Waals surface area contributed by atoms with Gasteiger partial charge in [-0.05, 0) is 114 Å². The first kappa shape index (κ1) is 34.9. The predicted molar refractivity (Wildman–Crippen MR) is 191 cm³/mol. The summed E-state index contributed by atoms with van der Waals surface area (Å²) in [5, 5.41) is 15.9. The van der Waals surface area contributed by atoms with Crippen LogP contribution in [-0.2, 0) is 20.8 Å². The number of guanidine groups is 1.